The number of nitrogens with zero attached hydrogens (tertiary/aromatic N) is 6. The lowest BCUT2D eigenvalue weighted by atomic mass is 10.1. The van der Waals surface area contributed by atoms with Crippen LogP contribution in [0.25, 0.3) is 89.7 Å². The van der Waals surface area contributed by atoms with Gasteiger partial charge in [-0.1, -0.05) is 48.5 Å². The number of nitrogens with two attached hydrogens (primary N) is 1. The summed E-state index contributed by atoms with van der Waals surface area (Å²) < 4.78 is 58.7. The number of sulfonamides is 1. The van der Waals surface area contributed by atoms with Crippen LogP contribution in [0.5, 0.6) is 0 Å². The number of hydrogen-bond acceptors (Lipinski definition) is 10. The van der Waals surface area contributed by atoms with Gasteiger partial charge in [-0.25, -0.2) is 43.5 Å². The quantitative estimate of drug-likeness (QED) is 0.183. The fourth-order valence-electron chi connectivity index (χ4n) is 5.99. The molecule has 3 aromatic heterocycles. The molecule has 0 spiro atoms. The normalized spacial score (nSPS) is 12.7. The average molecular weight is 674 g/mol. The van der Waals surface area contributed by atoms with Crippen molar-refractivity contribution in [1.29, 1.82) is 0 Å². The maximum Gasteiger partial charge on any atom is 0.294 e. The molecular weight excluding hydrogens is 655 g/mol. The lowest BCUT2D eigenvalue weighted by Gasteiger charge is -1.99. The number of primary sulfonamides is 1. The second-order valence-electron chi connectivity index (χ2n) is 11.1. The highest BCUT2D eigenvalue weighted by atomic mass is 32.2. The fraction of sp³-hybridized carbons (Fsp3) is 0. The fourth-order valence-corrected chi connectivity index (χ4v) is 7.03. The molecule has 0 amide bonds. The predicted molar refractivity (Wildman–Crippen MR) is 177 cm³/mol. The van der Waals surface area contributed by atoms with E-state index in [-0.39, 0.29) is 15.4 Å². The molecule has 5 heterocycles. The molecule has 0 saturated carbocycles. The third-order valence-corrected chi connectivity index (χ3v) is 9.98. The molecule has 48 heavy (non-hydrogen) atoms. The van der Waals surface area contributed by atoms with Gasteiger partial charge in [0.15, 0.2) is 23.3 Å². The first-order chi connectivity index (χ1) is 23.0. The molecule has 0 atom stereocenters. The van der Waals surface area contributed by atoms with Crippen LogP contribution in [0.2, 0.25) is 0 Å². The first kappa shape index (κ1) is 28.3. The summed E-state index contributed by atoms with van der Waals surface area (Å²) in [5, 5.41) is 7.39. The Balaban J connectivity index is 1.49. The Kier molecular flexibility index (Phi) is 5.77. The highest BCUT2D eigenvalue weighted by Gasteiger charge is 2.23. The van der Waals surface area contributed by atoms with Crippen molar-refractivity contribution in [2.75, 3.05) is 0 Å². The van der Waals surface area contributed by atoms with E-state index in [2.05, 4.69) is 9.97 Å². The summed E-state index contributed by atoms with van der Waals surface area (Å²) in [5.74, 6) is 1.23. The molecule has 14 nitrogen and oxygen atoms in total. The Morgan fingerprint density at radius 3 is 1.21 bits per heavy atom. The molecule has 16 heteroatoms. The highest BCUT2D eigenvalue weighted by Crippen LogP contribution is 2.37. The van der Waals surface area contributed by atoms with Gasteiger partial charge in [-0.3, -0.25) is 4.55 Å². The molecule has 0 unspecified atom stereocenters. The first-order valence-electron chi connectivity index (χ1n) is 14.3. The highest BCUT2D eigenvalue weighted by molar-refractivity contribution is 7.89. The predicted octanol–water partition coefficient (Wildman–Crippen LogP) is 4.76. The maximum atomic E-state index is 12.3. The minimum Gasteiger partial charge on any atom is -0.324 e. The van der Waals surface area contributed by atoms with E-state index >= 15 is 0 Å². The molecule has 0 fully saturated rings. The van der Waals surface area contributed by atoms with Crippen molar-refractivity contribution in [2.24, 2.45) is 5.14 Å². The minimum absolute atomic E-state index is 0.0942. The van der Waals surface area contributed by atoms with Crippen LogP contribution in [0.1, 0.15) is 0 Å². The topological polar surface area (TPSA) is 223 Å². The van der Waals surface area contributed by atoms with Crippen molar-refractivity contribution in [3.63, 3.8) is 0 Å². The zero-order valence-corrected chi connectivity index (χ0v) is 25.9. The largest absolute Gasteiger partial charge is 0.324 e. The van der Waals surface area contributed by atoms with E-state index in [1.807, 2.05) is 48.5 Å². The standard InChI is InChI=1S/C32H19N9O5S2/c33-47(42,43)15-9-11-21-23(13-15)31-38-27-19-7-3-1-5-17(19)26(34-27)37-30-22-12-10-16(48(44,45)46)14-24(22)32(41-30)39-28-20-8-4-2-6-18(20)25(35-28)36-29(21)40-31/h1-14H,(H2,33,42,43)(H,44,45,46)(H2,34,35,36,37,38,39,40,41). The molecule has 7 aromatic rings. The van der Waals surface area contributed by atoms with E-state index in [0.29, 0.717) is 84.0 Å². The molecule has 5 N–H and O–H groups in total. The van der Waals surface area contributed by atoms with Gasteiger partial charge in [0, 0.05) is 43.8 Å². The summed E-state index contributed by atoms with van der Waals surface area (Å²) in [6.07, 6.45) is 0. The summed E-state index contributed by atoms with van der Waals surface area (Å²) in [6.45, 7) is 0. The summed E-state index contributed by atoms with van der Waals surface area (Å²) in [6, 6.07) is 23.3. The smallest absolute Gasteiger partial charge is 0.294 e. The molecule has 0 saturated heterocycles. The van der Waals surface area contributed by atoms with Gasteiger partial charge < -0.3 is 9.97 Å². The number of aromatic amines is 2. The Bertz CT molecular complexity index is 2770. The zero-order chi connectivity index (χ0) is 32.9. The number of nitrogens with one attached hydrogen (secondary N) is 2. The summed E-state index contributed by atoms with van der Waals surface area (Å²) in [5.41, 5.74) is 3.93. The van der Waals surface area contributed by atoms with Gasteiger partial charge in [0.25, 0.3) is 10.1 Å². The van der Waals surface area contributed by atoms with Crippen LogP contribution in [-0.4, -0.2) is 61.3 Å². The molecule has 2 aliphatic heterocycles. The van der Waals surface area contributed by atoms with Crippen LogP contribution in [0.4, 0.5) is 0 Å². The third kappa shape index (κ3) is 4.39. The molecule has 4 aromatic carbocycles. The average Bonchev–Trinajstić information content (AvgIpc) is 3.79. The molecule has 234 valence electrons. The third-order valence-electron chi connectivity index (χ3n) is 8.21. The lowest BCUT2D eigenvalue weighted by Crippen LogP contribution is -2.11. The Morgan fingerprint density at radius 1 is 0.479 bits per heavy atom. The summed E-state index contributed by atoms with van der Waals surface area (Å²) in [4.78, 5) is 34.9. The maximum absolute atomic E-state index is 12.3. The van der Waals surface area contributed by atoms with Gasteiger partial charge in [0.05, 0.1) is 9.79 Å². The number of fused-ring (bicyclic) bond motifs is 20. The van der Waals surface area contributed by atoms with Crippen molar-refractivity contribution >= 4 is 64.3 Å². The van der Waals surface area contributed by atoms with Gasteiger partial charge >= 0.3 is 0 Å². The van der Waals surface area contributed by atoms with E-state index in [0.717, 1.165) is 0 Å². The Morgan fingerprint density at radius 2 is 0.833 bits per heavy atom. The molecule has 8 bridgehead atoms. The van der Waals surface area contributed by atoms with Crippen molar-refractivity contribution in [1.82, 2.24) is 39.9 Å². The second-order valence-corrected chi connectivity index (χ2v) is 14.1. The van der Waals surface area contributed by atoms with E-state index in [9.17, 15) is 21.4 Å². The number of rotatable bonds is 2. The van der Waals surface area contributed by atoms with Crippen LogP contribution in [-0.2, 0) is 20.1 Å². The molecule has 0 radical (unpaired) electrons. The number of H-pyrrole nitrogens is 2. The van der Waals surface area contributed by atoms with Gasteiger partial charge in [-0.15, -0.1) is 0 Å². The SMILES string of the molecule is NS(=O)(=O)c1ccc2c3nc4nc(nc5[nH]c(nc6nc(nc([nH]3)c2c1)-c1ccccc1-6)c1ccc(S(=O)(=O)O)cc51)-c1ccccc1-4. The Labute approximate surface area is 270 Å². The van der Waals surface area contributed by atoms with Crippen LogP contribution >= 0.6 is 0 Å². The van der Waals surface area contributed by atoms with E-state index in [1.165, 1.54) is 30.3 Å². The molecule has 9 rings (SSSR count). The van der Waals surface area contributed by atoms with Gasteiger partial charge in [0.2, 0.25) is 10.0 Å². The molecule has 0 aliphatic carbocycles. The van der Waals surface area contributed by atoms with Crippen LogP contribution in [0.15, 0.2) is 94.7 Å². The van der Waals surface area contributed by atoms with Gasteiger partial charge in [-0.2, -0.15) is 8.42 Å². The zero-order valence-electron chi connectivity index (χ0n) is 24.2. The lowest BCUT2D eigenvalue weighted by molar-refractivity contribution is 0.483. The second kappa shape index (κ2) is 9.79. The van der Waals surface area contributed by atoms with Crippen LogP contribution < -0.4 is 5.14 Å². The first-order valence-corrected chi connectivity index (χ1v) is 17.3. The van der Waals surface area contributed by atoms with Crippen molar-refractivity contribution in [2.45, 2.75) is 9.79 Å². The van der Waals surface area contributed by atoms with E-state index in [4.69, 9.17) is 35.0 Å². The molecular formula is C32H19N9O5S2. The van der Waals surface area contributed by atoms with Crippen molar-refractivity contribution in [3.05, 3.63) is 84.9 Å². The number of benzene rings is 4. The van der Waals surface area contributed by atoms with Crippen molar-refractivity contribution < 1.29 is 21.4 Å². The minimum atomic E-state index is -4.53. The summed E-state index contributed by atoms with van der Waals surface area (Å²) >= 11 is 0. The van der Waals surface area contributed by atoms with Gasteiger partial charge in [-0.05, 0) is 36.4 Å². The number of aromatic nitrogens is 8. The monoisotopic (exact) mass is 673 g/mol. The van der Waals surface area contributed by atoms with Crippen molar-refractivity contribution in [3.8, 4) is 45.6 Å². The van der Waals surface area contributed by atoms with Crippen LogP contribution in [0.3, 0.4) is 0 Å². The van der Waals surface area contributed by atoms with E-state index < -0.39 is 20.1 Å². The summed E-state index contributed by atoms with van der Waals surface area (Å²) in [7, 11) is -8.56. The van der Waals surface area contributed by atoms with Gasteiger partial charge in [0.1, 0.15) is 22.6 Å². The number of hydrogen-bond donors (Lipinski definition) is 4. The van der Waals surface area contributed by atoms with Crippen LogP contribution in [0, 0.1) is 0 Å². The Hall–Kier alpha value is -5.94. The molecule has 2 aliphatic rings. The van der Waals surface area contributed by atoms with E-state index in [1.54, 1.807) is 6.07 Å².